The van der Waals surface area contributed by atoms with Crippen LogP contribution in [0.15, 0.2) is 18.2 Å². The maximum Gasteiger partial charge on any atom is 0.265 e. The average Bonchev–Trinajstić information content (AvgIpc) is 2.37. The lowest BCUT2D eigenvalue weighted by molar-refractivity contribution is 0.151. The summed E-state index contributed by atoms with van der Waals surface area (Å²) in [6, 6.07) is 5.16. The van der Waals surface area contributed by atoms with E-state index in [0.717, 1.165) is 12.8 Å². The van der Waals surface area contributed by atoms with Gasteiger partial charge in [0.1, 0.15) is 0 Å². The Kier molecular flexibility index (Phi) is 4.27. The van der Waals surface area contributed by atoms with Crippen molar-refractivity contribution in [2.75, 3.05) is 17.7 Å². The van der Waals surface area contributed by atoms with Gasteiger partial charge >= 0.3 is 0 Å². The summed E-state index contributed by atoms with van der Waals surface area (Å²) >= 11 is 0. The van der Waals surface area contributed by atoms with Crippen LogP contribution in [0.1, 0.15) is 44.6 Å². The van der Waals surface area contributed by atoms with E-state index in [9.17, 15) is 8.78 Å². The molecule has 19 heavy (non-hydrogen) atoms. The maximum atomic E-state index is 13.1. The van der Waals surface area contributed by atoms with E-state index in [1.807, 2.05) is 11.9 Å². The van der Waals surface area contributed by atoms with Crippen molar-refractivity contribution >= 4 is 11.4 Å². The van der Waals surface area contributed by atoms with Crippen molar-refractivity contribution in [3.8, 4) is 0 Å². The summed E-state index contributed by atoms with van der Waals surface area (Å²) in [6.45, 7) is 2.23. The minimum absolute atomic E-state index is 0.0423. The molecule has 0 radical (unpaired) electrons. The number of benzene rings is 1. The van der Waals surface area contributed by atoms with Gasteiger partial charge in [0.05, 0.1) is 0 Å². The van der Waals surface area contributed by atoms with Crippen LogP contribution in [0, 0.1) is 5.92 Å². The zero-order valence-electron chi connectivity index (χ0n) is 11.6. The Balaban J connectivity index is 2.25. The first-order valence-electron chi connectivity index (χ1n) is 6.89. The van der Waals surface area contributed by atoms with E-state index < -0.39 is 6.43 Å². The predicted octanol–water partition coefficient (Wildman–Crippen LogP) is 4.22. The Hall–Kier alpha value is -1.32. The second-order valence-corrected chi connectivity index (χ2v) is 5.66. The van der Waals surface area contributed by atoms with Crippen LogP contribution in [0.3, 0.4) is 0 Å². The third-order valence-corrected chi connectivity index (χ3v) is 4.12. The number of halogens is 2. The first-order chi connectivity index (χ1) is 8.99. The van der Waals surface area contributed by atoms with Crippen LogP contribution in [0.4, 0.5) is 20.2 Å². The van der Waals surface area contributed by atoms with Crippen molar-refractivity contribution in [3.63, 3.8) is 0 Å². The predicted molar refractivity (Wildman–Crippen MR) is 75.6 cm³/mol. The van der Waals surface area contributed by atoms with Crippen LogP contribution < -0.4 is 10.6 Å². The molecule has 2 N–H and O–H groups in total. The molecule has 1 fully saturated rings. The van der Waals surface area contributed by atoms with Gasteiger partial charge < -0.3 is 10.6 Å². The molecule has 1 saturated carbocycles. The molecule has 2 nitrogen and oxygen atoms in total. The molecular formula is C15H22F2N2. The lowest BCUT2D eigenvalue weighted by atomic mass is 9.86. The zero-order chi connectivity index (χ0) is 14.0. The molecule has 0 saturated heterocycles. The number of nitrogens with two attached hydrogens (primary N) is 1. The number of rotatable bonds is 3. The normalized spacial score (nSPS) is 23.6. The fourth-order valence-corrected chi connectivity index (χ4v) is 3.02. The summed E-state index contributed by atoms with van der Waals surface area (Å²) in [6.07, 6.45) is 2.09. The minimum atomic E-state index is -2.48. The molecule has 2 atom stereocenters. The van der Waals surface area contributed by atoms with Crippen LogP contribution in [0.2, 0.25) is 0 Å². The summed E-state index contributed by atoms with van der Waals surface area (Å²) in [4.78, 5) is 2.01. The molecule has 2 unspecified atom stereocenters. The molecule has 1 aromatic rings. The van der Waals surface area contributed by atoms with Crippen molar-refractivity contribution in [2.24, 2.45) is 5.92 Å². The van der Waals surface area contributed by atoms with Gasteiger partial charge in [0.15, 0.2) is 0 Å². The Bertz CT molecular complexity index is 434. The monoisotopic (exact) mass is 268 g/mol. The van der Waals surface area contributed by atoms with Crippen LogP contribution in [-0.2, 0) is 0 Å². The number of alkyl halides is 2. The van der Waals surface area contributed by atoms with Crippen LogP contribution in [-0.4, -0.2) is 13.1 Å². The second-order valence-electron chi connectivity index (χ2n) is 5.66. The number of hydrogen-bond acceptors (Lipinski definition) is 2. The van der Waals surface area contributed by atoms with Gasteiger partial charge in [-0.3, -0.25) is 0 Å². The third kappa shape index (κ3) is 3.17. The first kappa shape index (κ1) is 14.1. The molecule has 0 aliphatic heterocycles. The molecule has 1 aliphatic carbocycles. The van der Waals surface area contributed by atoms with Crippen molar-refractivity contribution in [1.29, 1.82) is 0 Å². The van der Waals surface area contributed by atoms with Crippen LogP contribution >= 0.6 is 0 Å². The summed E-state index contributed by atoms with van der Waals surface area (Å²) in [5.41, 5.74) is 6.66. The van der Waals surface area contributed by atoms with E-state index >= 15 is 0 Å². The van der Waals surface area contributed by atoms with E-state index in [1.54, 1.807) is 12.1 Å². The van der Waals surface area contributed by atoms with Gasteiger partial charge in [-0.15, -0.1) is 0 Å². The van der Waals surface area contributed by atoms with Crippen LogP contribution in [0.5, 0.6) is 0 Å². The van der Waals surface area contributed by atoms with Crippen molar-refractivity contribution < 1.29 is 8.78 Å². The number of nitrogen functional groups attached to an aromatic ring is 1. The number of nitrogens with zero attached hydrogens (tertiary/aromatic N) is 1. The van der Waals surface area contributed by atoms with E-state index in [1.165, 1.54) is 18.9 Å². The Labute approximate surface area is 113 Å². The quantitative estimate of drug-likeness (QED) is 0.832. The molecule has 2 rings (SSSR count). The van der Waals surface area contributed by atoms with Gasteiger partial charge in [0, 0.05) is 30.0 Å². The molecular weight excluding hydrogens is 246 g/mol. The van der Waals surface area contributed by atoms with Gasteiger partial charge in [-0.05, 0) is 37.0 Å². The fraction of sp³-hybridized carbons (Fsp3) is 0.600. The molecule has 4 heteroatoms. The second kappa shape index (κ2) is 5.76. The smallest absolute Gasteiger partial charge is 0.265 e. The van der Waals surface area contributed by atoms with E-state index in [4.69, 9.17) is 5.73 Å². The molecule has 106 valence electrons. The number of anilines is 2. The topological polar surface area (TPSA) is 29.3 Å². The third-order valence-electron chi connectivity index (χ3n) is 4.12. The molecule has 0 aromatic heterocycles. The molecule has 0 spiro atoms. The highest BCUT2D eigenvalue weighted by atomic mass is 19.3. The summed E-state index contributed by atoms with van der Waals surface area (Å²) in [7, 11) is 1.92. The van der Waals surface area contributed by atoms with Crippen molar-refractivity contribution in [2.45, 2.75) is 45.1 Å². The Morgan fingerprint density at radius 2 is 2.05 bits per heavy atom. The molecule has 0 bridgehead atoms. The van der Waals surface area contributed by atoms with Gasteiger partial charge in [-0.1, -0.05) is 19.8 Å². The van der Waals surface area contributed by atoms with Gasteiger partial charge in [-0.25, -0.2) is 8.78 Å². The SMILES string of the molecule is CC1CCCC(N(C)c2ccc(N)cc2C(F)F)C1. The molecule has 0 amide bonds. The maximum absolute atomic E-state index is 13.1. The minimum Gasteiger partial charge on any atom is -0.399 e. The van der Waals surface area contributed by atoms with E-state index in [0.29, 0.717) is 23.3 Å². The van der Waals surface area contributed by atoms with Crippen molar-refractivity contribution in [3.05, 3.63) is 23.8 Å². The Morgan fingerprint density at radius 1 is 1.32 bits per heavy atom. The summed E-state index contributed by atoms with van der Waals surface area (Å²) < 4.78 is 26.3. The van der Waals surface area contributed by atoms with Gasteiger partial charge in [0.25, 0.3) is 6.43 Å². The summed E-state index contributed by atoms with van der Waals surface area (Å²) in [5, 5.41) is 0. The van der Waals surface area contributed by atoms with Crippen LogP contribution in [0.25, 0.3) is 0 Å². The van der Waals surface area contributed by atoms with Gasteiger partial charge in [-0.2, -0.15) is 0 Å². The van der Waals surface area contributed by atoms with E-state index in [-0.39, 0.29) is 5.56 Å². The molecule has 0 heterocycles. The van der Waals surface area contributed by atoms with E-state index in [2.05, 4.69) is 6.92 Å². The fourth-order valence-electron chi connectivity index (χ4n) is 3.02. The molecule has 1 aromatic carbocycles. The lowest BCUT2D eigenvalue weighted by Crippen LogP contribution is -2.36. The highest BCUT2D eigenvalue weighted by Gasteiger charge is 2.25. The zero-order valence-corrected chi connectivity index (χ0v) is 11.6. The first-order valence-corrected chi connectivity index (χ1v) is 6.89. The van der Waals surface area contributed by atoms with Crippen molar-refractivity contribution in [1.82, 2.24) is 0 Å². The summed E-state index contributed by atoms with van der Waals surface area (Å²) in [5.74, 6) is 0.671. The largest absolute Gasteiger partial charge is 0.399 e. The average molecular weight is 268 g/mol. The highest BCUT2D eigenvalue weighted by Crippen LogP contribution is 2.35. The Morgan fingerprint density at radius 3 is 2.68 bits per heavy atom. The standard InChI is InChI=1S/C15H22F2N2/c1-10-4-3-5-12(8-10)19(2)14-7-6-11(18)9-13(14)15(16)17/h6-7,9-10,12,15H,3-5,8,18H2,1-2H3. The molecule has 1 aliphatic rings. The highest BCUT2D eigenvalue weighted by molar-refractivity contribution is 5.60. The van der Waals surface area contributed by atoms with Gasteiger partial charge in [0.2, 0.25) is 0 Å². The lowest BCUT2D eigenvalue weighted by Gasteiger charge is -2.36. The number of hydrogen-bond donors (Lipinski definition) is 1.